The van der Waals surface area contributed by atoms with Crippen LogP contribution >= 0.6 is 23.1 Å². The molecule has 4 aromatic carbocycles. The molecular formula is C46H46N8O10S4. The molecular weight excluding hydrogens is 953 g/mol. The highest BCUT2D eigenvalue weighted by molar-refractivity contribution is 7.99. The van der Waals surface area contributed by atoms with Crippen molar-refractivity contribution in [1.29, 1.82) is 0 Å². The fourth-order valence-electron chi connectivity index (χ4n) is 6.07. The zero-order valence-corrected chi connectivity index (χ0v) is 41.2. The number of hydrogen-bond acceptors (Lipinski definition) is 20. The van der Waals surface area contributed by atoms with E-state index in [2.05, 4.69) is 56.8 Å². The Morgan fingerprint density at radius 2 is 1.35 bits per heavy atom. The average Bonchev–Trinajstić information content (AvgIpc) is 3.97. The normalized spacial score (nSPS) is 12.5. The number of carbonyl (C=O) groups excluding carboxylic acids is 2. The minimum Gasteiger partial charge on any atom is -0.507 e. The van der Waals surface area contributed by atoms with Gasteiger partial charge in [0.25, 0.3) is 0 Å². The molecule has 0 saturated heterocycles. The number of carbonyl (C=O) groups is 2. The summed E-state index contributed by atoms with van der Waals surface area (Å²) in [6, 6.07) is 17.5. The second-order valence-electron chi connectivity index (χ2n) is 16.4. The largest absolute Gasteiger partial charge is 0.507 e. The third-order valence-electron chi connectivity index (χ3n) is 9.84. The predicted molar refractivity (Wildman–Crippen MR) is 264 cm³/mol. The first-order valence-electron chi connectivity index (χ1n) is 20.2. The number of benzene rings is 4. The number of anilines is 5. The number of terminal acetylenes is 1. The van der Waals surface area contributed by atoms with Crippen LogP contribution in [0.25, 0.3) is 32.0 Å². The van der Waals surface area contributed by atoms with Crippen molar-refractivity contribution in [2.75, 3.05) is 36.0 Å². The van der Waals surface area contributed by atoms with Crippen LogP contribution in [0.15, 0.2) is 106 Å². The number of ether oxygens (including phenoxy) is 3. The molecule has 4 heterocycles. The highest BCUT2D eigenvalue weighted by Crippen LogP contribution is 2.40. The molecule has 0 atom stereocenters. The van der Waals surface area contributed by atoms with Crippen LogP contribution in [0.2, 0.25) is 0 Å². The van der Waals surface area contributed by atoms with Gasteiger partial charge in [0, 0.05) is 45.1 Å². The standard InChI is InChI=1S/C23H22N4O5S2.C19H20N4O3S2.C4H4O2/c1-23(2,3)34(29,30)20-10-15-16(11-18(20)32-8-7-21(28)31-4)24-12-25-22(15)27-14-5-6-19-17(9-14)26-13-33-19;1-19(2,3)28(25,26)17-7-12-13(8-15(17)24)20-9-21-18(12)23-11-4-5-16-14(6-11)22-10-27-16;1-3-4(5)6-2/h5-13H,1-4H3,(H,24,25,27);4-9,22,24H,10H2,1-3H3,(H,20,21,23);1H,2H3/b8-7+;;. The minimum absolute atomic E-state index is 0.0381. The Kier molecular flexibility index (Phi) is 15.1. The topological polar surface area (TPSA) is 251 Å². The van der Waals surface area contributed by atoms with Crippen molar-refractivity contribution in [3.63, 3.8) is 0 Å². The molecule has 0 radical (unpaired) electrons. The number of nitrogens with one attached hydrogen (secondary N) is 3. The fraction of sp³-hybridized carbons (Fsp3) is 0.239. The number of nitrogens with zero attached hydrogens (tertiary/aromatic N) is 5. The van der Waals surface area contributed by atoms with E-state index in [4.69, 9.17) is 4.74 Å². The summed E-state index contributed by atoms with van der Waals surface area (Å²) < 4.78 is 65.6. The van der Waals surface area contributed by atoms with E-state index in [-0.39, 0.29) is 21.3 Å². The van der Waals surface area contributed by atoms with Gasteiger partial charge < -0.3 is 35.3 Å². The van der Waals surface area contributed by atoms with Crippen LogP contribution in [0.5, 0.6) is 11.5 Å². The van der Waals surface area contributed by atoms with Crippen LogP contribution in [0.4, 0.5) is 28.7 Å². The van der Waals surface area contributed by atoms with E-state index in [1.165, 1.54) is 56.0 Å². The van der Waals surface area contributed by atoms with Crippen molar-refractivity contribution in [3.05, 3.63) is 91.2 Å². The number of aromatic nitrogens is 5. The lowest BCUT2D eigenvalue weighted by molar-refractivity contribution is -0.135. The van der Waals surface area contributed by atoms with Crippen LogP contribution in [-0.2, 0) is 38.7 Å². The predicted octanol–water partition coefficient (Wildman–Crippen LogP) is 8.54. The van der Waals surface area contributed by atoms with Crippen molar-refractivity contribution in [2.45, 2.75) is 65.7 Å². The zero-order chi connectivity index (χ0) is 49.6. The molecule has 1 aliphatic rings. The van der Waals surface area contributed by atoms with Gasteiger partial charge in [-0.05, 0) is 90.1 Å². The third kappa shape index (κ3) is 11.2. The number of sulfone groups is 2. The van der Waals surface area contributed by atoms with Crippen LogP contribution in [0, 0.1) is 12.3 Å². The molecule has 7 aromatic rings. The Morgan fingerprint density at radius 1 is 0.765 bits per heavy atom. The Balaban J connectivity index is 0.000000203. The molecule has 22 heteroatoms. The minimum atomic E-state index is -3.83. The second kappa shape index (κ2) is 20.4. The summed E-state index contributed by atoms with van der Waals surface area (Å²) in [5.74, 6) is 1.96. The number of phenolic OH excluding ortho intramolecular Hbond substituents is 1. The van der Waals surface area contributed by atoms with E-state index >= 15 is 0 Å². The lowest BCUT2D eigenvalue weighted by Crippen LogP contribution is -2.28. The maximum atomic E-state index is 13.4. The van der Waals surface area contributed by atoms with E-state index in [0.29, 0.717) is 33.4 Å². The number of rotatable bonds is 9. The van der Waals surface area contributed by atoms with Gasteiger partial charge >= 0.3 is 11.9 Å². The molecule has 18 nitrogen and oxygen atoms in total. The van der Waals surface area contributed by atoms with Gasteiger partial charge in [0.1, 0.15) is 45.6 Å². The van der Waals surface area contributed by atoms with Crippen molar-refractivity contribution in [2.24, 2.45) is 0 Å². The quantitative estimate of drug-likeness (QED) is 0.0347. The van der Waals surface area contributed by atoms with Gasteiger partial charge in [-0.1, -0.05) is 0 Å². The van der Waals surface area contributed by atoms with Crippen LogP contribution in [0.3, 0.4) is 0 Å². The number of thioether (sulfide) groups is 1. The first-order chi connectivity index (χ1) is 32.1. The molecule has 0 fully saturated rings. The number of fused-ring (bicyclic) bond motifs is 4. The van der Waals surface area contributed by atoms with Crippen LogP contribution in [-0.4, -0.2) is 88.4 Å². The molecule has 3 aromatic heterocycles. The molecule has 0 bridgehead atoms. The molecule has 8 rings (SSSR count). The maximum absolute atomic E-state index is 13.4. The average molecular weight is 999 g/mol. The lowest BCUT2D eigenvalue weighted by atomic mass is 10.2. The number of esters is 2. The van der Waals surface area contributed by atoms with Crippen molar-refractivity contribution in [3.8, 4) is 23.8 Å². The number of thiazole rings is 1. The van der Waals surface area contributed by atoms with E-state index < -0.39 is 41.1 Å². The Bertz CT molecular complexity index is 3360. The van der Waals surface area contributed by atoms with Crippen molar-refractivity contribution < 1.29 is 45.7 Å². The van der Waals surface area contributed by atoms with Gasteiger partial charge in [-0.2, -0.15) is 0 Å². The lowest BCUT2D eigenvalue weighted by Gasteiger charge is -2.21. The van der Waals surface area contributed by atoms with E-state index in [9.17, 15) is 31.5 Å². The monoisotopic (exact) mass is 998 g/mol. The van der Waals surface area contributed by atoms with E-state index in [1.54, 1.807) is 76.1 Å². The molecule has 0 amide bonds. The zero-order valence-electron chi connectivity index (χ0n) is 37.9. The SMILES string of the molecule is C#CC(=O)OC.CC(C)(C)S(=O)(=O)c1cc2c(Nc3ccc4c(c3)NCS4)ncnc2cc1O.COC(=O)/C=C/Oc1cc2ncnc(Nc3ccc4scnc4c3)c2cc1S(=O)(=O)C(C)(C)C. The molecule has 0 unspecified atom stereocenters. The fourth-order valence-corrected chi connectivity index (χ4v) is 10.1. The molecule has 1 aliphatic heterocycles. The molecule has 354 valence electrons. The Morgan fingerprint density at radius 3 is 1.94 bits per heavy atom. The first kappa shape index (κ1) is 50.4. The smallest absolute Gasteiger partial charge is 0.383 e. The second-order valence-corrected chi connectivity index (χ2v) is 23.6. The summed E-state index contributed by atoms with van der Waals surface area (Å²) >= 11 is 3.28. The molecule has 0 spiro atoms. The van der Waals surface area contributed by atoms with Gasteiger partial charge in [0.05, 0.1) is 74.4 Å². The molecule has 0 saturated carbocycles. The Labute approximate surface area is 400 Å². The summed E-state index contributed by atoms with van der Waals surface area (Å²) in [4.78, 5) is 43.5. The van der Waals surface area contributed by atoms with Crippen molar-refractivity contribution in [1.82, 2.24) is 24.9 Å². The van der Waals surface area contributed by atoms with Gasteiger partial charge in [-0.25, -0.2) is 51.3 Å². The number of aromatic hydroxyl groups is 1. The van der Waals surface area contributed by atoms with Gasteiger partial charge in [-0.3, -0.25) is 0 Å². The highest BCUT2D eigenvalue weighted by atomic mass is 32.2. The highest BCUT2D eigenvalue weighted by Gasteiger charge is 2.35. The molecule has 4 N–H and O–H groups in total. The van der Waals surface area contributed by atoms with Crippen LogP contribution in [0.1, 0.15) is 41.5 Å². The van der Waals surface area contributed by atoms with Gasteiger partial charge in [0.15, 0.2) is 19.7 Å². The maximum Gasteiger partial charge on any atom is 0.383 e. The number of methoxy groups -OCH3 is 2. The summed E-state index contributed by atoms with van der Waals surface area (Å²) in [5, 5.41) is 21.1. The Hall–Kier alpha value is -7.06. The summed E-state index contributed by atoms with van der Waals surface area (Å²) in [6.07, 6.45) is 9.45. The van der Waals surface area contributed by atoms with Crippen LogP contribution < -0.4 is 20.7 Å². The van der Waals surface area contributed by atoms with Gasteiger partial charge in [-0.15, -0.1) is 29.5 Å². The van der Waals surface area contributed by atoms with Gasteiger partial charge in [0.2, 0.25) is 0 Å². The summed E-state index contributed by atoms with van der Waals surface area (Å²) in [6.45, 7) is 9.60. The third-order valence-corrected chi connectivity index (χ3v) is 16.6. The molecule has 68 heavy (non-hydrogen) atoms. The summed E-state index contributed by atoms with van der Waals surface area (Å²) in [5.41, 5.74) is 6.15. The summed E-state index contributed by atoms with van der Waals surface area (Å²) in [7, 11) is -5.10. The number of hydrogen-bond donors (Lipinski definition) is 4. The van der Waals surface area contributed by atoms with E-state index in [0.717, 1.165) is 45.5 Å². The van der Waals surface area contributed by atoms with E-state index in [1.807, 2.05) is 36.4 Å². The molecule has 0 aliphatic carbocycles. The number of phenols is 1. The van der Waals surface area contributed by atoms with Crippen molar-refractivity contribution >= 4 is 115 Å². The first-order valence-corrected chi connectivity index (χ1v) is 25.0.